The van der Waals surface area contributed by atoms with Crippen LogP contribution in [0.2, 0.25) is 5.15 Å². The second-order valence-electron chi connectivity index (χ2n) is 3.07. The molecular formula is C11H8ClFN2O. The Hall–Kier alpha value is -1.68. The van der Waals surface area contributed by atoms with Gasteiger partial charge in [-0.2, -0.15) is 4.98 Å². The molecule has 0 fully saturated rings. The van der Waals surface area contributed by atoms with Gasteiger partial charge in [-0.05, 0) is 5.56 Å². The van der Waals surface area contributed by atoms with Gasteiger partial charge in [0, 0.05) is 0 Å². The lowest BCUT2D eigenvalue weighted by molar-refractivity contribution is 0.279. The summed E-state index contributed by atoms with van der Waals surface area (Å²) in [6, 6.07) is 9.59. The lowest BCUT2D eigenvalue weighted by atomic mass is 10.2. The first-order chi connectivity index (χ1) is 7.75. The Labute approximate surface area is 96.9 Å². The molecule has 0 atom stereocenters. The van der Waals surface area contributed by atoms with Crippen LogP contribution in [-0.2, 0) is 6.61 Å². The quantitative estimate of drug-likeness (QED) is 0.772. The average molecular weight is 239 g/mol. The van der Waals surface area contributed by atoms with E-state index in [2.05, 4.69) is 9.97 Å². The standard InChI is InChI=1S/C11H8ClFN2O/c12-10-9(13)6-14-11(15-10)16-7-8-4-2-1-3-5-8/h1-6H,7H2. The summed E-state index contributed by atoms with van der Waals surface area (Å²) >= 11 is 5.49. The molecule has 1 aromatic carbocycles. The molecule has 0 saturated heterocycles. The van der Waals surface area contributed by atoms with Crippen LogP contribution >= 0.6 is 11.6 Å². The molecule has 16 heavy (non-hydrogen) atoms. The Bertz CT molecular complexity index is 479. The molecule has 0 radical (unpaired) electrons. The summed E-state index contributed by atoms with van der Waals surface area (Å²) in [5.41, 5.74) is 0.978. The van der Waals surface area contributed by atoms with E-state index in [9.17, 15) is 4.39 Å². The summed E-state index contributed by atoms with van der Waals surface area (Å²) in [6.45, 7) is 0.322. The maximum absolute atomic E-state index is 12.7. The topological polar surface area (TPSA) is 35.0 Å². The Morgan fingerprint density at radius 1 is 1.25 bits per heavy atom. The largest absolute Gasteiger partial charge is 0.459 e. The van der Waals surface area contributed by atoms with Crippen LogP contribution in [0.25, 0.3) is 0 Å². The molecule has 0 bridgehead atoms. The van der Waals surface area contributed by atoms with E-state index < -0.39 is 5.82 Å². The summed E-state index contributed by atoms with van der Waals surface area (Å²) < 4.78 is 18.0. The van der Waals surface area contributed by atoms with Gasteiger partial charge in [0.15, 0.2) is 11.0 Å². The molecule has 2 rings (SSSR count). The average Bonchev–Trinajstić information content (AvgIpc) is 2.32. The van der Waals surface area contributed by atoms with E-state index in [1.807, 2.05) is 30.3 Å². The minimum Gasteiger partial charge on any atom is -0.459 e. The van der Waals surface area contributed by atoms with E-state index in [4.69, 9.17) is 16.3 Å². The van der Waals surface area contributed by atoms with Gasteiger partial charge in [-0.1, -0.05) is 41.9 Å². The van der Waals surface area contributed by atoms with Gasteiger partial charge >= 0.3 is 6.01 Å². The van der Waals surface area contributed by atoms with Gasteiger partial charge in [0.1, 0.15) is 6.61 Å². The predicted molar refractivity (Wildman–Crippen MR) is 57.8 cm³/mol. The van der Waals surface area contributed by atoms with Crippen LogP contribution in [0.1, 0.15) is 5.56 Å². The van der Waals surface area contributed by atoms with Crippen LogP contribution in [0, 0.1) is 5.82 Å². The van der Waals surface area contributed by atoms with Gasteiger partial charge in [0.05, 0.1) is 6.20 Å². The third-order valence-corrected chi connectivity index (χ3v) is 2.16. The van der Waals surface area contributed by atoms with E-state index in [0.29, 0.717) is 6.61 Å². The van der Waals surface area contributed by atoms with Gasteiger partial charge in [0.25, 0.3) is 0 Å². The number of hydrogen-bond donors (Lipinski definition) is 0. The lowest BCUT2D eigenvalue weighted by Gasteiger charge is -2.04. The van der Waals surface area contributed by atoms with Crippen molar-refractivity contribution in [3.63, 3.8) is 0 Å². The molecule has 5 heteroatoms. The minimum atomic E-state index is -0.659. The number of aromatic nitrogens is 2. The first kappa shape index (κ1) is 10.8. The fourth-order valence-electron chi connectivity index (χ4n) is 1.12. The molecule has 0 unspecified atom stereocenters. The van der Waals surface area contributed by atoms with Crippen LogP contribution in [0.3, 0.4) is 0 Å². The molecule has 1 aromatic heterocycles. The molecule has 3 nitrogen and oxygen atoms in total. The highest BCUT2D eigenvalue weighted by Gasteiger charge is 2.04. The van der Waals surface area contributed by atoms with Crippen molar-refractivity contribution in [2.45, 2.75) is 6.61 Å². The van der Waals surface area contributed by atoms with Crippen LogP contribution in [0.5, 0.6) is 6.01 Å². The molecular weight excluding hydrogens is 231 g/mol. The molecule has 0 amide bonds. The van der Waals surface area contributed by atoms with E-state index in [-0.39, 0.29) is 11.2 Å². The monoisotopic (exact) mass is 238 g/mol. The summed E-state index contributed by atoms with van der Waals surface area (Å²) in [7, 11) is 0. The Balaban J connectivity index is 2.03. The zero-order valence-electron chi connectivity index (χ0n) is 8.23. The highest BCUT2D eigenvalue weighted by atomic mass is 35.5. The van der Waals surface area contributed by atoms with E-state index in [0.717, 1.165) is 11.8 Å². The fourth-order valence-corrected chi connectivity index (χ4v) is 1.24. The predicted octanol–water partition coefficient (Wildman–Crippen LogP) is 2.85. The number of nitrogens with zero attached hydrogens (tertiary/aromatic N) is 2. The van der Waals surface area contributed by atoms with Gasteiger partial charge in [-0.25, -0.2) is 9.37 Å². The maximum Gasteiger partial charge on any atom is 0.318 e. The molecule has 0 aliphatic heterocycles. The van der Waals surface area contributed by atoms with Gasteiger partial charge in [-0.15, -0.1) is 0 Å². The first-order valence-corrected chi connectivity index (χ1v) is 4.98. The van der Waals surface area contributed by atoms with Crippen molar-refractivity contribution in [3.8, 4) is 6.01 Å². The van der Waals surface area contributed by atoms with Crippen molar-refractivity contribution in [3.05, 3.63) is 53.1 Å². The van der Waals surface area contributed by atoms with Gasteiger partial charge in [0.2, 0.25) is 0 Å². The highest BCUT2D eigenvalue weighted by Crippen LogP contribution is 2.13. The van der Waals surface area contributed by atoms with Crippen LogP contribution in [-0.4, -0.2) is 9.97 Å². The van der Waals surface area contributed by atoms with Crippen LogP contribution < -0.4 is 4.74 Å². The van der Waals surface area contributed by atoms with Crippen molar-refractivity contribution in [1.82, 2.24) is 9.97 Å². The molecule has 0 spiro atoms. The maximum atomic E-state index is 12.7. The van der Waals surface area contributed by atoms with Crippen LogP contribution in [0.4, 0.5) is 4.39 Å². The zero-order valence-corrected chi connectivity index (χ0v) is 8.99. The molecule has 0 aliphatic rings. The SMILES string of the molecule is Fc1cnc(OCc2ccccc2)nc1Cl. The van der Waals surface area contributed by atoms with Crippen molar-refractivity contribution < 1.29 is 9.13 Å². The zero-order chi connectivity index (χ0) is 11.4. The van der Waals surface area contributed by atoms with Crippen molar-refractivity contribution in [1.29, 1.82) is 0 Å². The fraction of sp³-hybridized carbons (Fsp3) is 0.0909. The summed E-state index contributed by atoms with van der Waals surface area (Å²) in [6.07, 6.45) is 0.982. The molecule has 0 saturated carbocycles. The molecule has 0 N–H and O–H groups in total. The highest BCUT2D eigenvalue weighted by molar-refractivity contribution is 6.29. The molecule has 2 aromatic rings. The Morgan fingerprint density at radius 2 is 2.00 bits per heavy atom. The lowest BCUT2D eigenvalue weighted by Crippen LogP contribution is -2.00. The van der Waals surface area contributed by atoms with Crippen LogP contribution in [0.15, 0.2) is 36.5 Å². The number of ether oxygens (including phenoxy) is 1. The Morgan fingerprint density at radius 3 is 2.69 bits per heavy atom. The third kappa shape index (κ3) is 2.67. The van der Waals surface area contributed by atoms with Gasteiger partial charge < -0.3 is 4.74 Å². The summed E-state index contributed by atoms with van der Waals surface area (Å²) in [5.74, 6) is -0.659. The molecule has 82 valence electrons. The van der Waals surface area contributed by atoms with Gasteiger partial charge in [-0.3, -0.25) is 0 Å². The third-order valence-electron chi connectivity index (χ3n) is 1.89. The van der Waals surface area contributed by atoms with E-state index in [1.165, 1.54) is 0 Å². The van der Waals surface area contributed by atoms with Crippen molar-refractivity contribution in [2.75, 3.05) is 0 Å². The summed E-state index contributed by atoms with van der Waals surface area (Å²) in [4.78, 5) is 7.31. The second-order valence-corrected chi connectivity index (χ2v) is 3.42. The number of halogens is 2. The molecule has 0 aliphatic carbocycles. The number of rotatable bonds is 3. The smallest absolute Gasteiger partial charge is 0.318 e. The normalized spacial score (nSPS) is 10.1. The Kier molecular flexibility index (Phi) is 3.31. The summed E-state index contributed by atoms with van der Waals surface area (Å²) in [5, 5.41) is -0.238. The van der Waals surface area contributed by atoms with E-state index >= 15 is 0 Å². The number of benzene rings is 1. The first-order valence-electron chi connectivity index (χ1n) is 4.60. The molecule has 1 heterocycles. The second kappa shape index (κ2) is 4.90. The van der Waals surface area contributed by atoms with Crippen molar-refractivity contribution >= 4 is 11.6 Å². The van der Waals surface area contributed by atoms with E-state index in [1.54, 1.807) is 0 Å². The minimum absolute atomic E-state index is 0.0650. The van der Waals surface area contributed by atoms with Crippen molar-refractivity contribution in [2.24, 2.45) is 0 Å². The number of hydrogen-bond acceptors (Lipinski definition) is 3.